The highest BCUT2D eigenvalue weighted by Gasteiger charge is 2.49. The summed E-state index contributed by atoms with van der Waals surface area (Å²) in [4.78, 5) is 15.5. The van der Waals surface area contributed by atoms with Gasteiger partial charge in [0.1, 0.15) is 6.10 Å². The highest BCUT2D eigenvalue weighted by Crippen LogP contribution is 2.43. The van der Waals surface area contributed by atoms with Gasteiger partial charge in [-0.2, -0.15) is 0 Å². The zero-order valence-electron chi connectivity index (χ0n) is 16.5. The zero-order chi connectivity index (χ0) is 20.4. The lowest BCUT2D eigenvalue weighted by Crippen LogP contribution is -2.38. The molecule has 0 saturated carbocycles. The van der Waals surface area contributed by atoms with Crippen LogP contribution in [0.3, 0.4) is 0 Å². The molecule has 0 N–H and O–H groups in total. The van der Waals surface area contributed by atoms with Crippen LogP contribution < -0.4 is 0 Å². The van der Waals surface area contributed by atoms with Crippen molar-refractivity contribution in [2.24, 2.45) is 0 Å². The Bertz CT molecular complexity index is 914. The van der Waals surface area contributed by atoms with E-state index in [-0.39, 0.29) is 24.1 Å². The van der Waals surface area contributed by atoms with Crippen molar-refractivity contribution in [1.82, 2.24) is 4.90 Å². The van der Waals surface area contributed by atoms with Crippen LogP contribution in [0, 0.1) is 0 Å². The molecule has 4 heteroatoms. The summed E-state index contributed by atoms with van der Waals surface area (Å²) in [6, 6.07) is 27.6. The molecule has 3 aromatic rings. The molecule has 1 amide bonds. The third-order valence-electron chi connectivity index (χ3n) is 5.59. The molecule has 0 spiro atoms. The number of nitrogens with zero attached hydrogens (tertiary/aromatic N) is 1. The predicted octanol–water partition coefficient (Wildman–Crippen LogP) is 6.13. The van der Waals surface area contributed by atoms with Gasteiger partial charge in [0.2, 0.25) is 0 Å². The first-order valence-corrected chi connectivity index (χ1v) is 10.3. The average molecular weight is 406 g/mol. The van der Waals surface area contributed by atoms with Crippen LogP contribution >= 0.6 is 11.6 Å². The second kappa shape index (κ2) is 8.40. The summed E-state index contributed by atoms with van der Waals surface area (Å²) in [6.07, 6.45) is -0.679. The van der Waals surface area contributed by atoms with Gasteiger partial charge in [0, 0.05) is 5.02 Å². The van der Waals surface area contributed by atoms with Gasteiger partial charge in [0.05, 0.1) is 12.1 Å². The predicted molar refractivity (Wildman–Crippen MR) is 116 cm³/mol. The van der Waals surface area contributed by atoms with Crippen LogP contribution in [-0.2, 0) is 9.53 Å². The minimum absolute atomic E-state index is 0.0117. The molecule has 3 aromatic carbocycles. The van der Waals surface area contributed by atoms with Gasteiger partial charge < -0.3 is 9.64 Å². The van der Waals surface area contributed by atoms with Gasteiger partial charge in [-0.15, -0.1) is 0 Å². The highest BCUT2D eigenvalue weighted by molar-refractivity contribution is 6.30. The summed E-state index contributed by atoms with van der Waals surface area (Å²) >= 11 is 5.99. The maximum absolute atomic E-state index is 13.6. The fraction of sp³-hybridized carbons (Fsp3) is 0.240. The monoisotopic (exact) mass is 405 g/mol. The Kier molecular flexibility index (Phi) is 5.70. The van der Waals surface area contributed by atoms with Crippen molar-refractivity contribution in [1.29, 1.82) is 0 Å². The molecule has 1 aliphatic heterocycles. The number of hydrogen-bond donors (Lipinski definition) is 0. The number of rotatable bonds is 6. The van der Waals surface area contributed by atoms with Gasteiger partial charge in [-0.1, -0.05) is 84.4 Å². The fourth-order valence-corrected chi connectivity index (χ4v) is 3.98. The van der Waals surface area contributed by atoms with Crippen molar-refractivity contribution in [3.8, 4) is 0 Å². The SMILES string of the molecule is C[C@@H](c1ccccc1)N(C(=O)[C@H]1O[C@@H]1c1ccc(Cl)cc1)[C@@H](C)c1ccccc1. The summed E-state index contributed by atoms with van der Waals surface area (Å²) in [7, 11) is 0. The molecule has 1 heterocycles. The molecule has 0 radical (unpaired) electrons. The van der Waals surface area contributed by atoms with E-state index in [0.717, 1.165) is 16.7 Å². The van der Waals surface area contributed by atoms with E-state index in [2.05, 4.69) is 38.1 Å². The third-order valence-corrected chi connectivity index (χ3v) is 5.84. The van der Waals surface area contributed by atoms with E-state index >= 15 is 0 Å². The van der Waals surface area contributed by atoms with Crippen LogP contribution in [0.2, 0.25) is 5.02 Å². The van der Waals surface area contributed by atoms with Crippen molar-refractivity contribution in [3.63, 3.8) is 0 Å². The van der Waals surface area contributed by atoms with Crippen LogP contribution in [0.25, 0.3) is 0 Å². The zero-order valence-corrected chi connectivity index (χ0v) is 17.3. The van der Waals surface area contributed by atoms with Gasteiger partial charge >= 0.3 is 0 Å². The maximum atomic E-state index is 13.6. The van der Waals surface area contributed by atoms with E-state index in [1.807, 2.05) is 65.6 Å². The first kappa shape index (κ1) is 19.7. The summed E-state index contributed by atoms with van der Waals surface area (Å²) < 4.78 is 5.82. The number of ether oxygens (including phenoxy) is 1. The van der Waals surface area contributed by atoms with Crippen molar-refractivity contribution in [2.75, 3.05) is 0 Å². The lowest BCUT2D eigenvalue weighted by Gasteiger charge is -2.35. The summed E-state index contributed by atoms with van der Waals surface area (Å²) in [5.74, 6) is 0.0117. The standard InChI is InChI=1S/C25H24ClNO2/c1-17(19-9-5-3-6-10-19)27(18(2)20-11-7-4-8-12-20)25(28)24-23(29-24)21-13-15-22(26)16-14-21/h3-18,23-24H,1-2H3/t17-,18-,23+,24-/m0/s1. The van der Waals surface area contributed by atoms with Crippen LogP contribution in [0.15, 0.2) is 84.9 Å². The fourth-order valence-electron chi connectivity index (χ4n) is 3.85. The second-order valence-corrected chi connectivity index (χ2v) is 7.88. The Morgan fingerprint density at radius 2 is 1.31 bits per heavy atom. The minimum atomic E-state index is -0.464. The molecule has 1 aliphatic rings. The smallest absolute Gasteiger partial charge is 0.255 e. The Labute approximate surface area is 176 Å². The van der Waals surface area contributed by atoms with E-state index in [4.69, 9.17) is 16.3 Å². The molecule has 1 fully saturated rings. The molecule has 148 valence electrons. The molecule has 4 rings (SSSR count). The first-order valence-electron chi connectivity index (χ1n) is 9.89. The van der Waals surface area contributed by atoms with Crippen LogP contribution in [0.5, 0.6) is 0 Å². The summed E-state index contributed by atoms with van der Waals surface area (Å²) in [6.45, 7) is 4.15. The molecule has 1 saturated heterocycles. The van der Waals surface area contributed by atoms with Crippen molar-refractivity contribution >= 4 is 17.5 Å². The molecule has 4 atom stereocenters. The van der Waals surface area contributed by atoms with Crippen LogP contribution in [0.1, 0.15) is 48.7 Å². The largest absolute Gasteiger partial charge is 0.354 e. The first-order chi connectivity index (χ1) is 14.1. The van der Waals surface area contributed by atoms with Gasteiger partial charge in [-0.3, -0.25) is 4.79 Å². The lowest BCUT2D eigenvalue weighted by atomic mass is 9.99. The Morgan fingerprint density at radius 3 is 1.79 bits per heavy atom. The Morgan fingerprint density at radius 1 is 0.828 bits per heavy atom. The number of carbonyl (C=O) groups excluding carboxylic acids is 1. The molecule has 0 bridgehead atoms. The number of amides is 1. The van der Waals surface area contributed by atoms with Gasteiger partial charge in [0.25, 0.3) is 5.91 Å². The lowest BCUT2D eigenvalue weighted by molar-refractivity contribution is -0.137. The van der Waals surface area contributed by atoms with E-state index in [9.17, 15) is 4.79 Å². The Hall–Kier alpha value is -2.62. The van der Waals surface area contributed by atoms with Crippen molar-refractivity contribution in [3.05, 3.63) is 107 Å². The molecule has 0 aromatic heterocycles. The second-order valence-electron chi connectivity index (χ2n) is 7.45. The van der Waals surface area contributed by atoms with E-state index < -0.39 is 6.10 Å². The number of halogens is 1. The van der Waals surface area contributed by atoms with Gasteiger partial charge in [0.15, 0.2) is 6.10 Å². The van der Waals surface area contributed by atoms with Crippen LogP contribution in [0.4, 0.5) is 0 Å². The van der Waals surface area contributed by atoms with E-state index in [1.165, 1.54) is 0 Å². The molecule has 3 nitrogen and oxygen atoms in total. The number of carbonyl (C=O) groups is 1. The van der Waals surface area contributed by atoms with Gasteiger partial charge in [-0.05, 0) is 42.7 Å². The molecular formula is C25H24ClNO2. The van der Waals surface area contributed by atoms with Crippen molar-refractivity contribution < 1.29 is 9.53 Å². The van der Waals surface area contributed by atoms with E-state index in [1.54, 1.807) is 0 Å². The molecular weight excluding hydrogens is 382 g/mol. The highest BCUT2D eigenvalue weighted by atomic mass is 35.5. The summed E-state index contributed by atoms with van der Waals surface area (Å²) in [5, 5.41) is 0.675. The Balaban J connectivity index is 1.61. The number of benzene rings is 3. The van der Waals surface area contributed by atoms with Crippen LogP contribution in [-0.4, -0.2) is 16.9 Å². The molecule has 29 heavy (non-hydrogen) atoms. The van der Waals surface area contributed by atoms with E-state index in [0.29, 0.717) is 5.02 Å². The maximum Gasteiger partial charge on any atom is 0.255 e. The normalized spacial score (nSPS) is 20.0. The van der Waals surface area contributed by atoms with Crippen molar-refractivity contribution in [2.45, 2.75) is 38.1 Å². The number of hydrogen-bond acceptors (Lipinski definition) is 2. The summed E-state index contributed by atoms with van der Waals surface area (Å²) in [5.41, 5.74) is 3.19. The molecule has 0 unspecified atom stereocenters. The third kappa shape index (κ3) is 4.21. The number of epoxide rings is 1. The molecule has 0 aliphatic carbocycles. The quantitative estimate of drug-likeness (QED) is 0.462. The minimum Gasteiger partial charge on any atom is -0.354 e. The topological polar surface area (TPSA) is 32.8 Å². The van der Waals surface area contributed by atoms with Gasteiger partial charge in [-0.25, -0.2) is 0 Å². The average Bonchev–Trinajstić information content (AvgIpc) is 3.56.